The molecule has 188 valence electrons. The van der Waals surface area contributed by atoms with E-state index in [1.54, 1.807) is 0 Å². The van der Waals surface area contributed by atoms with E-state index in [4.69, 9.17) is 21.3 Å². The molecule has 0 saturated carbocycles. The molecule has 0 aliphatic carbocycles. The molecular weight excluding hydrogens is 510 g/mol. The van der Waals surface area contributed by atoms with Gasteiger partial charge in [0.2, 0.25) is 0 Å². The number of nitrogens with zero attached hydrogens (tertiary/aromatic N) is 4. The molecule has 7 nitrogen and oxygen atoms in total. The third-order valence-corrected chi connectivity index (χ3v) is 15.3. The van der Waals surface area contributed by atoms with Gasteiger partial charge in [0.25, 0.3) is 0 Å². The van der Waals surface area contributed by atoms with E-state index in [1.807, 2.05) is 78.3 Å². The van der Waals surface area contributed by atoms with Gasteiger partial charge in [-0.05, 0) is 6.07 Å². The smallest absolute Gasteiger partial charge is 0.186 e. The second-order valence-electron chi connectivity index (χ2n) is 8.86. The van der Waals surface area contributed by atoms with Crippen LogP contribution in [0.5, 0.6) is 0 Å². The van der Waals surface area contributed by atoms with Gasteiger partial charge < -0.3 is 18.6 Å². The molecule has 2 aliphatic heterocycles. The molecule has 2 fully saturated rings. The van der Waals surface area contributed by atoms with E-state index in [9.17, 15) is 5.26 Å². The lowest BCUT2D eigenvalue weighted by Gasteiger charge is -2.45. The molecule has 10 heteroatoms. The largest absolute Gasteiger partial charge is 0.379 e. The summed E-state index contributed by atoms with van der Waals surface area (Å²) in [6.07, 6.45) is -2.56. The maximum atomic E-state index is 15.2. The van der Waals surface area contributed by atoms with Crippen molar-refractivity contribution in [2.45, 2.75) is 0 Å². The van der Waals surface area contributed by atoms with E-state index >= 15 is 4.57 Å². The first-order valence-corrected chi connectivity index (χ1v) is 16.5. The van der Waals surface area contributed by atoms with Crippen molar-refractivity contribution < 1.29 is 14.0 Å². The lowest BCUT2D eigenvalue weighted by molar-refractivity contribution is 0.0589. The van der Waals surface area contributed by atoms with Crippen molar-refractivity contribution >= 4 is 46.6 Å². The molecule has 2 aromatic carbocycles. The van der Waals surface area contributed by atoms with Crippen LogP contribution in [0.15, 0.2) is 66.7 Å². The van der Waals surface area contributed by atoms with E-state index in [-0.39, 0.29) is 0 Å². The second-order valence-corrected chi connectivity index (χ2v) is 15.8. The monoisotopic (exact) mass is 540 g/mol. The van der Waals surface area contributed by atoms with E-state index in [0.717, 1.165) is 15.9 Å². The van der Waals surface area contributed by atoms with Crippen LogP contribution in [0.4, 0.5) is 0 Å². The Balaban J connectivity index is 1.75. The van der Waals surface area contributed by atoms with E-state index in [0.29, 0.717) is 63.7 Å². The number of hydrogen-bond acceptors (Lipinski definition) is 5. The minimum absolute atomic E-state index is 0.485. The second kappa shape index (κ2) is 10.7. The summed E-state index contributed by atoms with van der Waals surface area (Å²) in [6.45, 7) is 5.26. The summed E-state index contributed by atoms with van der Waals surface area (Å²) >= 11 is 6.59. The highest BCUT2D eigenvalue weighted by atomic mass is 32.4. The molecule has 5 rings (SSSR count). The molecule has 2 saturated heterocycles. The predicted octanol–water partition coefficient (Wildman–Crippen LogP) is 2.14. The fourth-order valence-electron chi connectivity index (χ4n) is 5.05. The van der Waals surface area contributed by atoms with Crippen molar-refractivity contribution in [3.63, 3.8) is 0 Å². The lowest BCUT2D eigenvalue weighted by atomic mass is 10.4. The Hall–Kier alpha value is -2.07. The van der Waals surface area contributed by atoms with Crippen LogP contribution in [0.3, 0.4) is 0 Å². The summed E-state index contributed by atoms with van der Waals surface area (Å²) in [5.41, 5.74) is 1.11. The number of benzene rings is 2. The number of nitriles is 1. The predicted molar refractivity (Wildman–Crippen MR) is 148 cm³/mol. The maximum absolute atomic E-state index is 15.2. The van der Waals surface area contributed by atoms with Crippen molar-refractivity contribution in [2.75, 3.05) is 52.6 Å². The molecule has 3 aromatic rings. The number of aromatic nitrogens is 1. The van der Waals surface area contributed by atoms with Crippen molar-refractivity contribution in [2.24, 2.45) is 7.05 Å². The van der Waals surface area contributed by atoms with Gasteiger partial charge in [0.1, 0.15) is 18.1 Å². The van der Waals surface area contributed by atoms with E-state index < -0.39 is 13.5 Å². The Morgan fingerprint density at radius 3 is 1.69 bits per heavy atom. The van der Waals surface area contributed by atoms with Crippen molar-refractivity contribution in [1.29, 1.82) is 5.26 Å². The van der Waals surface area contributed by atoms with E-state index in [1.165, 1.54) is 0 Å². The van der Waals surface area contributed by atoms with Crippen LogP contribution in [0, 0.1) is 11.3 Å². The topological polar surface area (TPSA) is 70.7 Å². The van der Waals surface area contributed by atoms with Crippen LogP contribution in [0.25, 0.3) is 0 Å². The molecule has 36 heavy (non-hydrogen) atoms. The zero-order valence-electron chi connectivity index (χ0n) is 20.3. The average Bonchev–Trinajstić information content (AvgIpc) is 3.31. The SMILES string of the molecule is Cn1c(P(=O)(c2ccccc2)c2ccccc2)cc(P(=S)(N2CCOCC2)N2CCOCC2)c1C#N. The highest BCUT2D eigenvalue weighted by Crippen LogP contribution is 2.55. The Labute approximate surface area is 217 Å². The summed E-state index contributed by atoms with van der Waals surface area (Å²) in [4.78, 5) is 0. The zero-order valence-corrected chi connectivity index (χ0v) is 22.9. The summed E-state index contributed by atoms with van der Waals surface area (Å²) < 4.78 is 32.9. The molecule has 0 N–H and O–H groups in total. The third-order valence-electron chi connectivity index (χ3n) is 6.91. The number of rotatable bonds is 6. The summed E-state index contributed by atoms with van der Waals surface area (Å²) in [6, 6.07) is 23.5. The number of ether oxygens (including phenoxy) is 2. The molecule has 0 radical (unpaired) electrons. The van der Waals surface area contributed by atoms with Crippen LogP contribution in [-0.2, 0) is 32.9 Å². The molecule has 0 atom stereocenters. The number of morpholine rings is 2. The fourth-order valence-corrected chi connectivity index (χ4v) is 12.5. The highest BCUT2D eigenvalue weighted by molar-refractivity contribution is 8.16. The third kappa shape index (κ3) is 4.34. The Bertz CT molecular complexity index is 1280. The fraction of sp³-hybridized carbons (Fsp3) is 0.346. The molecule has 0 bridgehead atoms. The average molecular weight is 541 g/mol. The minimum Gasteiger partial charge on any atom is -0.379 e. The Kier molecular flexibility index (Phi) is 7.62. The van der Waals surface area contributed by atoms with Crippen molar-refractivity contribution in [1.82, 2.24) is 13.9 Å². The number of hydrogen-bond donors (Lipinski definition) is 0. The summed E-state index contributed by atoms with van der Waals surface area (Å²) in [5.74, 6) is 0. The molecule has 3 heterocycles. The van der Waals surface area contributed by atoms with Crippen molar-refractivity contribution in [3.8, 4) is 6.07 Å². The first kappa shape index (κ1) is 25.6. The van der Waals surface area contributed by atoms with Gasteiger partial charge in [0, 0.05) is 49.1 Å². The minimum atomic E-state index is -3.29. The quantitative estimate of drug-likeness (QED) is 0.444. The molecule has 1 aromatic heterocycles. The van der Waals surface area contributed by atoms with Gasteiger partial charge in [-0.2, -0.15) is 5.26 Å². The Morgan fingerprint density at radius 2 is 1.28 bits per heavy atom. The van der Waals surface area contributed by atoms with Gasteiger partial charge in [-0.15, -0.1) is 0 Å². The van der Waals surface area contributed by atoms with Gasteiger partial charge in [0.15, 0.2) is 7.14 Å². The molecule has 0 unspecified atom stereocenters. The standard InChI is InChI=1S/C26H30N4O3P2S/c1-28-24(21-27)25(35(36,29-12-16-32-17-13-29)30-14-18-33-19-15-30)20-26(28)34(31,22-8-4-2-5-9-22)23-10-6-3-7-11-23/h2-11,20H,12-19H2,1H3. The van der Waals surface area contributed by atoms with Gasteiger partial charge >= 0.3 is 0 Å². The highest BCUT2D eigenvalue weighted by Gasteiger charge is 2.42. The lowest BCUT2D eigenvalue weighted by Crippen LogP contribution is -2.46. The van der Waals surface area contributed by atoms with Gasteiger partial charge in [-0.25, -0.2) is 0 Å². The Morgan fingerprint density at radius 1 is 0.833 bits per heavy atom. The van der Waals surface area contributed by atoms with Crippen LogP contribution in [0.2, 0.25) is 0 Å². The van der Waals surface area contributed by atoms with Gasteiger partial charge in [-0.1, -0.05) is 72.5 Å². The maximum Gasteiger partial charge on any atom is 0.186 e. The normalized spacial score (nSPS) is 18.1. The summed E-state index contributed by atoms with van der Waals surface area (Å²) in [7, 11) is -1.44. The van der Waals surface area contributed by atoms with Gasteiger partial charge in [0.05, 0.1) is 31.9 Å². The van der Waals surface area contributed by atoms with Gasteiger partial charge in [-0.3, -0.25) is 9.34 Å². The van der Waals surface area contributed by atoms with Crippen molar-refractivity contribution in [3.05, 3.63) is 72.4 Å². The van der Waals surface area contributed by atoms with Crippen LogP contribution >= 0.6 is 13.5 Å². The molecule has 2 aliphatic rings. The molecule has 0 spiro atoms. The zero-order chi connectivity index (χ0) is 25.2. The van der Waals surface area contributed by atoms with E-state index in [2.05, 4.69) is 15.4 Å². The summed E-state index contributed by atoms with van der Waals surface area (Å²) in [5, 5.41) is 12.7. The molecule has 0 amide bonds. The van der Waals surface area contributed by atoms with Crippen LogP contribution in [0.1, 0.15) is 5.69 Å². The van der Waals surface area contributed by atoms with Crippen LogP contribution in [-0.4, -0.2) is 66.5 Å². The first-order valence-electron chi connectivity index (χ1n) is 12.1. The first-order chi connectivity index (χ1) is 17.5. The van der Waals surface area contributed by atoms with Crippen LogP contribution < -0.4 is 21.3 Å². The molecular formula is C26H30N4O3P2S.